The second-order valence-electron chi connectivity index (χ2n) is 5.86. The van der Waals surface area contributed by atoms with Crippen LogP contribution in [-0.2, 0) is 9.31 Å². The van der Waals surface area contributed by atoms with Crippen molar-refractivity contribution < 1.29 is 14.0 Å². The van der Waals surface area contributed by atoms with Gasteiger partial charge in [-0.25, -0.2) is 0 Å². The van der Waals surface area contributed by atoms with Gasteiger partial charge in [-0.15, -0.1) is 0 Å². The number of rotatable bonds is 4. The van der Waals surface area contributed by atoms with Crippen LogP contribution in [0.3, 0.4) is 0 Å². The number of ether oxygens (including phenoxy) is 1. The van der Waals surface area contributed by atoms with Gasteiger partial charge in [0.2, 0.25) is 0 Å². The lowest BCUT2D eigenvalue weighted by Gasteiger charge is -2.32. The molecule has 19 heavy (non-hydrogen) atoms. The molecule has 0 bridgehead atoms. The minimum Gasteiger partial charge on any atom is -0.492 e. The second-order valence-corrected chi connectivity index (χ2v) is 5.86. The molecular weight excluding hydrogens is 241 g/mol. The predicted octanol–water partition coefficient (Wildman–Crippen LogP) is 2.17. The molecule has 0 atom stereocenters. The van der Waals surface area contributed by atoms with Gasteiger partial charge >= 0.3 is 7.12 Å². The van der Waals surface area contributed by atoms with E-state index in [1.165, 1.54) is 0 Å². The molecule has 0 saturated carbocycles. The van der Waals surface area contributed by atoms with E-state index in [0.29, 0.717) is 6.61 Å². The van der Waals surface area contributed by atoms with E-state index < -0.39 is 7.12 Å². The van der Waals surface area contributed by atoms with Crippen molar-refractivity contribution in [1.82, 2.24) is 4.98 Å². The molecule has 0 N–H and O–H groups in total. The van der Waals surface area contributed by atoms with E-state index in [-0.39, 0.29) is 11.2 Å². The Morgan fingerprint density at radius 2 is 1.79 bits per heavy atom. The first kappa shape index (κ1) is 14.3. The fraction of sp³-hybridized carbons (Fsp3) is 0.643. The maximum atomic E-state index is 5.95. The fourth-order valence-corrected chi connectivity index (χ4v) is 1.80. The summed E-state index contributed by atoms with van der Waals surface area (Å²) < 4.78 is 17.4. The van der Waals surface area contributed by atoms with E-state index in [1.807, 2.05) is 39.8 Å². The molecule has 2 rings (SSSR count). The summed E-state index contributed by atoms with van der Waals surface area (Å²) in [4.78, 5) is 4.37. The maximum Gasteiger partial charge on any atom is 0.514 e. The van der Waals surface area contributed by atoms with Crippen LogP contribution in [-0.4, -0.2) is 29.9 Å². The first-order chi connectivity index (χ1) is 8.86. The lowest BCUT2D eigenvalue weighted by molar-refractivity contribution is 0.00578. The third-order valence-electron chi connectivity index (χ3n) is 3.73. The highest BCUT2D eigenvalue weighted by Crippen LogP contribution is 2.36. The summed E-state index contributed by atoms with van der Waals surface area (Å²) in [6.45, 7) is 10.9. The average Bonchev–Trinajstić information content (AvgIpc) is 2.56. The normalized spacial score (nSPS) is 20.6. The summed E-state index contributed by atoms with van der Waals surface area (Å²) in [5.41, 5.74) is 0.107. The van der Waals surface area contributed by atoms with Crippen molar-refractivity contribution >= 4 is 12.7 Å². The van der Waals surface area contributed by atoms with Crippen LogP contribution < -0.4 is 10.3 Å². The molecular formula is C14H22BNO3. The topological polar surface area (TPSA) is 40.6 Å². The highest BCUT2D eigenvalue weighted by Gasteiger charge is 2.52. The highest BCUT2D eigenvalue weighted by atomic mass is 16.7. The molecule has 2 heterocycles. The Balaban J connectivity index is 2.08. The van der Waals surface area contributed by atoms with Crippen LogP contribution in [0, 0.1) is 0 Å². The third kappa shape index (κ3) is 2.93. The molecule has 4 nitrogen and oxygen atoms in total. The molecule has 0 amide bonds. The van der Waals surface area contributed by atoms with Gasteiger partial charge in [-0.2, -0.15) is 0 Å². The molecule has 1 aromatic heterocycles. The summed E-state index contributed by atoms with van der Waals surface area (Å²) in [6, 6.07) is 3.80. The molecule has 1 aromatic rings. The molecule has 104 valence electrons. The van der Waals surface area contributed by atoms with Gasteiger partial charge in [0, 0.05) is 0 Å². The van der Waals surface area contributed by atoms with Crippen LogP contribution in [0.2, 0.25) is 0 Å². The molecule has 1 aliphatic rings. The van der Waals surface area contributed by atoms with Crippen LogP contribution in [0.25, 0.3) is 0 Å². The van der Waals surface area contributed by atoms with Crippen molar-refractivity contribution in [1.29, 1.82) is 0 Å². The minimum atomic E-state index is -0.412. The van der Waals surface area contributed by atoms with Crippen molar-refractivity contribution in [3.05, 3.63) is 18.3 Å². The van der Waals surface area contributed by atoms with Crippen LogP contribution >= 0.6 is 0 Å². The zero-order valence-electron chi connectivity index (χ0n) is 12.4. The van der Waals surface area contributed by atoms with Gasteiger partial charge in [0.05, 0.1) is 29.6 Å². The largest absolute Gasteiger partial charge is 0.514 e. The summed E-state index contributed by atoms with van der Waals surface area (Å²) in [6.07, 6.45) is 2.70. The molecule has 0 spiro atoms. The Morgan fingerprint density at radius 1 is 1.16 bits per heavy atom. The summed E-state index contributed by atoms with van der Waals surface area (Å²) in [5, 5.41) is 0. The summed E-state index contributed by atoms with van der Waals surface area (Å²) in [7, 11) is -0.412. The fourth-order valence-electron chi connectivity index (χ4n) is 1.80. The Kier molecular flexibility index (Phi) is 3.88. The zero-order chi connectivity index (χ0) is 14.1. The predicted molar refractivity (Wildman–Crippen MR) is 75.7 cm³/mol. The Hall–Kier alpha value is -1.07. The molecule has 0 aliphatic carbocycles. The first-order valence-electron chi connectivity index (χ1n) is 6.80. The summed E-state index contributed by atoms with van der Waals surface area (Å²) >= 11 is 0. The molecule has 1 aliphatic heterocycles. The number of nitrogens with zero attached hydrogens (tertiary/aromatic N) is 1. The van der Waals surface area contributed by atoms with E-state index in [2.05, 4.69) is 11.9 Å². The van der Waals surface area contributed by atoms with Crippen LogP contribution in [0.4, 0.5) is 0 Å². The zero-order valence-corrected chi connectivity index (χ0v) is 12.4. The van der Waals surface area contributed by atoms with Crippen LogP contribution in [0.1, 0.15) is 41.0 Å². The lowest BCUT2D eigenvalue weighted by Crippen LogP contribution is -2.41. The molecule has 1 saturated heterocycles. The van der Waals surface area contributed by atoms with Gasteiger partial charge in [0.15, 0.2) is 0 Å². The molecule has 0 aromatic carbocycles. The minimum absolute atomic E-state index is 0.337. The molecule has 5 heteroatoms. The van der Waals surface area contributed by atoms with Gasteiger partial charge in [-0.1, -0.05) is 6.92 Å². The molecule has 1 fully saturated rings. The monoisotopic (exact) mass is 263 g/mol. The number of aromatic nitrogens is 1. The first-order valence-corrected chi connectivity index (χ1v) is 6.80. The van der Waals surface area contributed by atoms with Crippen molar-refractivity contribution in [2.75, 3.05) is 6.61 Å². The lowest BCUT2D eigenvalue weighted by atomic mass is 9.84. The highest BCUT2D eigenvalue weighted by molar-refractivity contribution is 6.61. The second kappa shape index (κ2) is 5.14. The smallest absolute Gasteiger partial charge is 0.492 e. The van der Waals surface area contributed by atoms with E-state index in [4.69, 9.17) is 14.0 Å². The summed E-state index contributed by atoms with van der Waals surface area (Å²) in [5.74, 6) is 0.780. The molecule has 0 unspecified atom stereocenters. The van der Waals surface area contributed by atoms with Gasteiger partial charge in [-0.3, -0.25) is 4.98 Å². The Bertz CT molecular complexity index is 415. The van der Waals surface area contributed by atoms with Gasteiger partial charge in [-0.05, 0) is 46.2 Å². The molecule has 0 radical (unpaired) electrons. The average molecular weight is 263 g/mol. The number of pyridine rings is 1. The van der Waals surface area contributed by atoms with Crippen molar-refractivity contribution in [2.45, 2.75) is 52.2 Å². The van der Waals surface area contributed by atoms with Crippen molar-refractivity contribution in [3.8, 4) is 5.75 Å². The van der Waals surface area contributed by atoms with Crippen molar-refractivity contribution in [3.63, 3.8) is 0 Å². The quantitative estimate of drug-likeness (QED) is 0.780. The van der Waals surface area contributed by atoms with Gasteiger partial charge in [0.1, 0.15) is 5.75 Å². The maximum absolute atomic E-state index is 5.95. The SMILES string of the molecule is CCCOc1ccc(B2OC(C)(C)C(C)(C)O2)nc1. The third-order valence-corrected chi connectivity index (χ3v) is 3.73. The van der Waals surface area contributed by atoms with E-state index in [9.17, 15) is 0 Å². The van der Waals surface area contributed by atoms with E-state index in [0.717, 1.165) is 17.8 Å². The van der Waals surface area contributed by atoms with E-state index in [1.54, 1.807) is 6.20 Å². The van der Waals surface area contributed by atoms with Gasteiger partial charge in [0.25, 0.3) is 0 Å². The van der Waals surface area contributed by atoms with Crippen LogP contribution in [0.5, 0.6) is 5.75 Å². The Morgan fingerprint density at radius 3 is 2.26 bits per heavy atom. The van der Waals surface area contributed by atoms with Crippen LogP contribution in [0.15, 0.2) is 18.3 Å². The van der Waals surface area contributed by atoms with Crippen molar-refractivity contribution in [2.24, 2.45) is 0 Å². The number of hydrogen-bond donors (Lipinski definition) is 0. The standard InChI is InChI=1S/C14H22BNO3/c1-6-9-17-11-7-8-12(16-10-11)15-18-13(2,3)14(4,5)19-15/h7-8,10H,6,9H2,1-5H3. The number of hydrogen-bond acceptors (Lipinski definition) is 4. The Labute approximate surface area is 115 Å². The van der Waals surface area contributed by atoms with E-state index >= 15 is 0 Å². The van der Waals surface area contributed by atoms with Gasteiger partial charge < -0.3 is 14.0 Å².